The largest absolute Gasteiger partial charge is 0.492 e. The Kier molecular flexibility index (Phi) is 7.74. The molecule has 1 atom stereocenters. The van der Waals surface area contributed by atoms with E-state index in [9.17, 15) is 22.4 Å². The van der Waals surface area contributed by atoms with Crippen molar-refractivity contribution in [1.29, 1.82) is 0 Å². The number of sulfonamides is 1. The average molecular weight is 565 g/mol. The number of benzene rings is 3. The molecule has 0 saturated carbocycles. The normalized spacial score (nSPS) is 15.3. The maximum Gasteiger partial charge on any atom is 0.319 e. The molecule has 0 unspecified atom stereocenters. The Balaban J connectivity index is 1.56. The highest BCUT2D eigenvalue weighted by molar-refractivity contribution is 7.92. The number of ether oxygens (including phenoxy) is 1. The van der Waals surface area contributed by atoms with Crippen LogP contribution in [-0.4, -0.2) is 46.3 Å². The van der Waals surface area contributed by atoms with Crippen molar-refractivity contribution >= 4 is 50.6 Å². The third-order valence-corrected chi connectivity index (χ3v) is 6.60. The number of hydrogen-bond acceptors (Lipinski definition) is 5. The molecule has 13 heteroatoms. The van der Waals surface area contributed by atoms with Crippen molar-refractivity contribution in [3.05, 3.63) is 71.3 Å². The first kappa shape index (κ1) is 27.1. The lowest BCUT2D eigenvalue weighted by Gasteiger charge is -2.22. The molecule has 3 amide bonds. The van der Waals surface area contributed by atoms with Crippen molar-refractivity contribution in [3.8, 4) is 16.9 Å². The second-order valence-corrected chi connectivity index (χ2v) is 10.6. The van der Waals surface area contributed by atoms with E-state index in [1.807, 2.05) is 0 Å². The van der Waals surface area contributed by atoms with Crippen LogP contribution in [0.25, 0.3) is 11.1 Å². The monoisotopic (exact) mass is 564 g/mol. The van der Waals surface area contributed by atoms with E-state index in [4.69, 9.17) is 16.3 Å². The van der Waals surface area contributed by atoms with Crippen LogP contribution in [0.1, 0.15) is 6.42 Å². The van der Waals surface area contributed by atoms with Crippen LogP contribution in [-0.2, 0) is 14.8 Å². The molecular formula is C25H23ClF2N4O5S. The number of nitrogens with one attached hydrogen (secondary N) is 3. The van der Waals surface area contributed by atoms with E-state index in [1.165, 1.54) is 42.3 Å². The predicted octanol–water partition coefficient (Wildman–Crippen LogP) is 4.59. The molecule has 0 radical (unpaired) electrons. The highest BCUT2D eigenvalue weighted by atomic mass is 35.5. The summed E-state index contributed by atoms with van der Waals surface area (Å²) < 4.78 is 60.8. The Morgan fingerprint density at radius 3 is 2.50 bits per heavy atom. The molecule has 1 aliphatic rings. The number of para-hydroxylation sites is 1. The molecule has 1 saturated heterocycles. The van der Waals surface area contributed by atoms with E-state index < -0.39 is 39.6 Å². The lowest BCUT2D eigenvalue weighted by Crippen LogP contribution is -2.43. The molecule has 3 aromatic carbocycles. The van der Waals surface area contributed by atoms with Gasteiger partial charge in [0.15, 0.2) is 11.6 Å². The standard InChI is InChI=1S/C25H23ClF2N4O5S/c1-37-23-21(10-8-16(22(23)28)15-5-3-4-6-18(15)31-38(2,35)36)32-12-11-20(24(32)33)30-25(34)29-19-9-7-14(26)13-17(19)27/h3-10,13,20,31H,11-12H2,1-2H3,(H2,29,30,34)/t20-/m1/s1. The number of nitrogens with zero attached hydrogens (tertiary/aromatic N) is 1. The summed E-state index contributed by atoms with van der Waals surface area (Å²) >= 11 is 5.72. The van der Waals surface area contributed by atoms with Crippen LogP contribution in [0, 0.1) is 11.6 Å². The minimum atomic E-state index is -3.63. The topological polar surface area (TPSA) is 117 Å². The van der Waals surface area contributed by atoms with Gasteiger partial charge >= 0.3 is 6.03 Å². The maximum atomic E-state index is 15.7. The lowest BCUT2D eigenvalue weighted by molar-refractivity contribution is -0.118. The summed E-state index contributed by atoms with van der Waals surface area (Å²) in [6, 6.07) is 11.2. The molecule has 9 nitrogen and oxygen atoms in total. The van der Waals surface area contributed by atoms with Gasteiger partial charge in [-0.2, -0.15) is 0 Å². The minimum Gasteiger partial charge on any atom is -0.492 e. The van der Waals surface area contributed by atoms with Crippen LogP contribution < -0.4 is 25.0 Å². The fraction of sp³-hybridized carbons (Fsp3) is 0.200. The van der Waals surface area contributed by atoms with Crippen molar-refractivity contribution in [2.24, 2.45) is 0 Å². The van der Waals surface area contributed by atoms with Crippen molar-refractivity contribution in [2.45, 2.75) is 12.5 Å². The smallest absolute Gasteiger partial charge is 0.319 e. The van der Waals surface area contributed by atoms with Crippen LogP contribution in [0.5, 0.6) is 5.75 Å². The summed E-state index contributed by atoms with van der Waals surface area (Å²) in [5.74, 6) is -2.27. The number of urea groups is 1. The second kappa shape index (κ2) is 10.8. The van der Waals surface area contributed by atoms with Crippen LogP contribution in [0.3, 0.4) is 0 Å². The van der Waals surface area contributed by atoms with E-state index >= 15 is 4.39 Å². The zero-order valence-electron chi connectivity index (χ0n) is 20.2. The molecule has 0 aromatic heterocycles. The fourth-order valence-corrected chi connectivity index (χ4v) is 4.86. The lowest BCUT2D eigenvalue weighted by atomic mass is 10.0. The van der Waals surface area contributed by atoms with Gasteiger partial charge in [-0.25, -0.2) is 22.0 Å². The predicted molar refractivity (Wildman–Crippen MR) is 141 cm³/mol. The summed E-state index contributed by atoms with van der Waals surface area (Å²) in [4.78, 5) is 26.7. The van der Waals surface area contributed by atoms with Gasteiger partial charge in [-0.15, -0.1) is 0 Å². The average Bonchev–Trinajstić information content (AvgIpc) is 3.20. The third-order valence-electron chi connectivity index (χ3n) is 5.77. The number of rotatable bonds is 7. The number of carbonyl (C=O) groups is 2. The Bertz CT molecular complexity index is 1520. The first-order chi connectivity index (χ1) is 18.0. The first-order valence-corrected chi connectivity index (χ1v) is 13.5. The molecule has 3 N–H and O–H groups in total. The maximum absolute atomic E-state index is 15.7. The molecule has 200 valence electrons. The molecule has 0 bridgehead atoms. The zero-order chi connectivity index (χ0) is 27.6. The van der Waals surface area contributed by atoms with Crippen LogP contribution in [0.4, 0.5) is 30.6 Å². The molecule has 1 heterocycles. The minimum absolute atomic E-state index is 0.0584. The van der Waals surface area contributed by atoms with Crippen molar-refractivity contribution in [1.82, 2.24) is 5.32 Å². The van der Waals surface area contributed by atoms with Gasteiger partial charge < -0.3 is 20.3 Å². The summed E-state index contributed by atoms with van der Waals surface area (Å²) in [5.41, 5.74) is 0.537. The Labute approximate surface area is 222 Å². The number of amides is 3. The highest BCUT2D eigenvalue weighted by Gasteiger charge is 2.36. The summed E-state index contributed by atoms with van der Waals surface area (Å²) in [6.45, 7) is 0.153. The quantitative estimate of drug-likeness (QED) is 0.388. The van der Waals surface area contributed by atoms with E-state index in [1.54, 1.807) is 18.2 Å². The third kappa shape index (κ3) is 5.81. The molecule has 1 aliphatic heterocycles. The first-order valence-electron chi connectivity index (χ1n) is 11.3. The van der Waals surface area contributed by atoms with Crippen molar-refractivity contribution in [3.63, 3.8) is 0 Å². The molecule has 1 fully saturated rings. The Hall–Kier alpha value is -3.90. The van der Waals surface area contributed by atoms with E-state index in [0.29, 0.717) is 0 Å². The van der Waals surface area contributed by atoms with Crippen molar-refractivity contribution < 1.29 is 31.5 Å². The summed E-state index contributed by atoms with van der Waals surface area (Å²) in [5, 5.41) is 4.99. The number of anilines is 3. The van der Waals surface area contributed by atoms with E-state index in [-0.39, 0.29) is 51.9 Å². The zero-order valence-corrected chi connectivity index (χ0v) is 21.8. The van der Waals surface area contributed by atoms with Gasteiger partial charge in [0.2, 0.25) is 15.9 Å². The van der Waals surface area contributed by atoms with E-state index in [0.717, 1.165) is 12.3 Å². The Morgan fingerprint density at radius 1 is 1.08 bits per heavy atom. The molecule has 3 aromatic rings. The van der Waals surface area contributed by atoms with Gasteiger partial charge in [0, 0.05) is 22.7 Å². The summed E-state index contributed by atoms with van der Waals surface area (Å²) in [7, 11) is -2.38. The molecule has 4 rings (SSSR count). The fourth-order valence-electron chi connectivity index (χ4n) is 4.13. The molecule has 0 spiro atoms. The molecular weight excluding hydrogens is 542 g/mol. The van der Waals surface area contributed by atoms with Crippen LogP contribution in [0.2, 0.25) is 5.02 Å². The van der Waals surface area contributed by atoms with Gasteiger partial charge in [0.1, 0.15) is 11.9 Å². The van der Waals surface area contributed by atoms with Gasteiger partial charge in [0.05, 0.1) is 30.4 Å². The number of carbonyl (C=O) groups excluding carboxylic acids is 2. The Morgan fingerprint density at radius 2 is 1.82 bits per heavy atom. The van der Waals surface area contributed by atoms with Crippen LogP contribution in [0.15, 0.2) is 54.6 Å². The number of methoxy groups -OCH3 is 1. The second-order valence-electron chi connectivity index (χ2n) is 8.45. The SMILES string of the molecule is COc1c(N2CC[C@@H](NC(=O)Nc3ccc(Cl)cc3F)C2=O)ccc(-c2ccccc2NS(C)(=O)=O)c1F. The summed E-state index contributed by atoms with van der Waals surface area (Å²) in [6.07, 6.45) is 1.20. The van der Waals surface area contributed by atoms with E-state index in [2.05, 4.69) is 15.4 Å². The highest BCUT2D eigenvalue weighted by Crippen LogP contribution is 2.41. The van der Waals surface area contributed by atoms with Gasteiger partial charge in [-0.3, -0.25) is 9.52 Å². The van der Waals surface area contributed by atoms with Gasteiger partial charge in [0.25, 0.3) is 0 Å². The van der Waals surface area contributed by atoms with Gasteiger partial charge in [-0.1, -0.05) is 29.8 Å². The number of halogens is 3. The van der Waals surface area contributed by atoms with Crippen molar-refractivity contribution in [2.75, 3.05) is 34.8 Å². The van der Waals surface area contributed by atoms with Gasteiger partial charge in [-0.05, 0) is 42.8 Å². The molecule has 38 heavy (non-hydrogen) atoms. The number of hydrogen-bond donors (Lipinski definition) is 3. The molecule has 0 aliphatic carbocycles. The van der Waals surface area contributed by atoms with Crippen LogP contribution >= 0.6 is 11.6 Å².